The summed E-state index contributed by atoms with van der Waals surface area (Å²) < 4.78 is 0. The Balaban J connectivity index is 1.47. The van der Waals surface area contributed by atoms with Crippen LogP contribution in [0, 0.1) is 0 Å². The lowest BCUT2D eigenvalue weighted by Crippen LogP contribution is -2.57. The lowest BCUT2D eigenvalue weighted by atomic mass is 10.1. The predicted octanol–water partition coefficient (Wildman–Crippen LogP) is 1.57. The maximum Gasteiger partial charge on any atom is 0.222 e. The molecule has 1 aromatic heterocycles. The van der Waals surface area contributed by atoms with E-state index < -0.39 is 0 Å². The Morgan fingerprint density at radius 2 is 2.12 bits per heavy atom. The van der Waals surface area contributed by atoms with Crippen molar-refractivity contribution < 1.29 is 0 Å². The molecule has 0 spiro atoms. The van der Waals surface area contributed by atoms with Gasteiger partial charge in [0.1, 0.15) is 5.82 Å². The summed E-state index contributed by atoms with van der Waals surface area (Å²) in [6, 6.07) is 9.09. The molecule has 24 heavy (non-hydrogen) atoms. The van der Waals surface area contributed by atoms with Crippen molar-refractivity contribution >= 4 is 17.5 Å². The van der Waals surface area contributed by atoms with Gasteiger partial charge in [0.2, 0.25) is 5.95 Å². The highest BCUT2D eigenvalue weighted by atomic mass is 15.3. The predicted molar refractivity (Wildman–Crippen MR) is 97.3 cm³/mol. The van der Waals surface area contributed by atoms with E-state index in [0.717, 1.165) is 31.0 Å². The zero-order valence-electron chi connectivity index (χ0n) is 14.0. The number of nitrogens with one attached hydrogen (secondary N) is 2. The van der Waals surface area contributed by atoms with Gasteiger partial charge >= 0.3 is 0 Å². The Morgan fingerprint density at radius 1 is 1.25 bits per heavy atom. The van der Waals surface area contributed by atoms with Crippen molar-refractivity contribution in [1.82, 2.24) is 15.3 Å². The first-order valence-electron chi connectivity index (χ1n) is 8.63. The molecule has 126 valence electrons. The van der Waals surface area contributed by atoms with E-state index >= 15 is 0 Å². The highest BCUT2D eigenvalue weighted by molar-refractivity contribution is 5.57. The van der Waals surface area contributed by atoms with Gasteiger partial charge in [-0.3, -0.25) is 0 Å². The normalized spacial score (nSPS) is 16.8. The van der Waals surface area contributed by atoms with Crippen LogP contribution < -0.4 is 21.3 Å². The highest BCUT2D eigenvalue weighted by Gasteiger charge is 2.26. The number of aromatic nitrogens is 2. The number of fused-ring (bicyclic) bond motifs is 1. The van der Waals surface area contributed by atoms with Crippen LogP contribution in [0.2, 0.25) is 0 Å². The van der Waals surface area contributed by atoms with Gasteiger partial charge in [-0.15, -0.1) is 0 Å². The smallest absolute Gasteiger partial charge is 0.222 e. The number of likely N-dealkylation sites (N-methyl/N-ethyl adjacent to an activating group) is 1. The van der Waals surface area contributed by atoms with Crippen molar-refractivity contribution in [3.05, 3.63) is 41.1 Å². The Kier molecular flexibility index (Phi) is 3.98. The number of rotatable bonds is 5. The number of hydrogen-bond donors (Lipinski definition) is 3. The van der Waals surface area contributed by atoms with E-state index in [-0.39, 0.29) is 0 Å². The van der Waals surface area contributed by atoms with E-state index in [2.05, 4.69) is 43.7 Å². The van der Waals surface area contributed by atoms with Crippen LogP contribution >= 0.6 is 0 Å². The first-order chi connectivity index (χ1) is 11.7. The molecule has 0 amide bonds. The summed E-state index contributed by atoms with van der Waals surface area (Å²) in [4.78, 5) is 11.0. The summed E-state index contributed by atoms with van der Waals surface area (Å²) in [5, 5.41) is 6.81. The van der Waals surface area contributed by atoms with Gasteiger partial charge in [-0.2, -0.15) is 4.98 Å². The molecule has 4 rings (SSSR count). The summed E-state index contributed by atoms with van der Waals surface area (Å²) >= 11 is 0. The molecule has 0 bridgehead atoms. The second-order valence-corrected chi connectivity index (χ2v) is 6.62. The molecule has 6 nitrogen and oxygen atoms in total. The molecular weight excluding hydrogens is 300 g/mol. The molecule has 1 aliphatic heterocycles. The molecule has 0 unspecified atom stereocenters. The first-order valence-corrected chi connectivity index (χ1v) is 8.63. The third-order valence-electron chi connectivity index (χ3n) is 5.00. The molecule has 2 aliphatic rings. The Morgan fingerprint density at radius 3 is 2.96 bits per heavy atom. The lowest BCUT2D eigenvalue weighted by Gasteiger charge is -2.40. The molecule has 2 aromatic rings. The number of nitrogens with two attached hydrogens (primary N) is 1. The van der Waals surface area contributed by atoms with Gasteiger partial charge in [-0.1, -0.05) is 12.1 Å². The Bertz CT molecular complexity index is 738. The van der Waals surface area contributed by atoms with Gasteiger partial charge < -0.3 is 21.3 Å². The fraction of sp³-hybridized carbons (Fsp3) is 0.444. The zero-order valence-corrected chi connectivity index (χ0v) is 14.0. The van der Waals surface area contributed by atoms with Gasteiger partial charge in [0.25, 0.3) is 0 Å². The Labute approximate surface area is 142 Å². The molecule has 1 saturated heterocycles. The number of aryl methyl sites for hydroxylation is 1. The van der Waals surface area contributed by atoms with Crippen LogP contribution in [0.3, 0.4) is 0 Å². The average molecular weight is 324 g/mol. The van der Waals surface area contributed by atoms with E-state index in [9.17, 15) is 0 Å². The van der Waals surface area contributed by atoms with Crippen LogP contribution in [0.1, 0.15) is 23.2 Å². The van der Waals surface area contributed by atoms with Crippen LogP contribution in [0.15, 0.2) is 24.3 Å². The lowest BCUT2D eigenvalue weighted by molar-refractivity contribution is 0.447. The number of benzene rings is 1. The van der Waals surface area contributed by atoms with Gasteiger partial charge in [-0.25, -0.2) is 4.98 Å². The fourth-order valence-corrected chi connectivity index (χ4v) is 3.57. The van der Waals surface area contributed by atoms with Crippen molar-refractivity contribution in [2.75, 3.05) is 36.1 Å². The van der Waals surface area contributed by atoms with Crippen molar-refractivity contribution in [1.29, 1.82) is 0 Å². The molecule has 0 radical (unpaired) electrons. The first kappa shape index (κ1) is 15.2. The molecule has 1 aromatic carbocycles. The van der Waals surface area contributed by atoms with Gasteiger partial charge in [0.15, 0.2) is 0 Å². The molecule has 1 aliphatic carbocycles. The standard InChI is InChI=1S/C18H24N6/c1-20-14-10-24(11-14)17-8-13(22-18(19)23-17)9-21-16-7-3-5-12-4-2-6-15(12)16/h3,5,7-8,14,20-21H,2,4,6,9-11H2,1H3,(H2,19,22,23). The van der Waals surface area contributed by atoms with Crippen LogP contribution in [0.4, 0.5) is 17.5 Å². The SMILES string of the molecule is CNC1CN(c2cc(CNc3cccc4c3CCC4)nc(N)n2)C1. The minimum absolute atomic E-state index is 0.343. The van der Waals surface area contributed by atoms with E-state index in [1.165, 1.54) is 29.7 Å². The fourth-order valence-electron chi connectivity index (χ4n) is 3.57. The second kappa shape index (κ2) is 6.28. The molecule has 1 fully saturated rings. The molecule has 6 heteroatoms. The quantitative estimate of drug-likeness (QED) is 0.775. The van der Waals surface area contributed by atoms with Crippen molar-refractivity contribution in [2.24, 2.45) is 0 Å². The van der Waals surface area contributed by atoms with Crippen LogP contribution in [0.25, 0.3) is 0 Å². The number of nitrogens with zero attached hydrogens (tertiary/aromatic N) is 3. The van der Waals surface area contributed by atoms with E-state index in [1.54, 1.807) is 0 Å². The van der Waals surface area contributed by atoms with Crippen molar-refractivity contribution in [3.8, 4) is 0 Å². The maximum absolute atomic E-state index is 5.91. The monoisotopic (exact) mass is 324 g/mol. The molecule has 0 atom stereocenters. The van der Waals surface area contributed by atoms with Crippen LogP contribution in [0.5, 0.6) is 0 Å². The second-order valence-electron chi connectivity index (χ2n) is 6.62. The molecule has 0 saturated carbocycles. The summed E-state index contributed by atoms with van der Waals surface area (Å²) in [6.07, 6.45) is 3.60. The van der Waals surface area contributed by atoms with Crippen molar-refractivity contribution in [3.63, 3.8) is 0 Å². The highest BCUT2D eigenvalue weighted by Crippen LogP contribution is 2.29. The van der Waals surface area contributed by atoms with E-state index in [0.29, 0.717) is 18.5 Å². The zero-order chi connectivity index (χ0) is 16.5. The molecule has 2 heterocycles. The summed E-state index contributed by atoms with van der Waals surface area (Å²) in [5.41, 5.74) is 11.0. The number of hydrogen-bond acceptors (Lipinski definition) is 6. The molecule has 4 N–H and O–H groups in total. The molecular formula is C18H24N6. The third kappa shape index (κ3) is 2.89. The number of nitrogen functional groups attached to an aromatic ring is 1. The van der Waals surface area contributed by atoms with Gasteiger partial charge in [0, 0.05) is 30.9 Å². The summed E-state index contributed by atoms with van der Waals surface area (Å²) in [5.74, 6) is 1.26. The van der Waals surface area contributed by atoms with E-state index in [1.807, 2.05) is 13.1 Å². The summed E-state index contributed by atoms with van der Waals surface area (Å²) in [6.45, 7) is 2.59. The minimum atomic E-state index is 0.343. The van der Waals surface area contributed by atoms with E-state index in [4.69, 9.17) is 5.73 Å². The van der Waals surface area contributed by atoms with Crippen LogP contribution in [-0.2, 0) is 19.4 Å². The Hall–Kier alpha value is -2.34. The average Bonchev–Trinajstić information content (AvgIpc) is 3.00. The van der Waals surface area contributed by atoms with Crippen LogP contribution in [-0.4, -0.2) is 36.1 Å². The third-order valence-corrected chi connectivity index (χ3v) is 5.00. The largest absolute Gasteiger partial charge is 0.379 e. The minimum Gasteiger partial charge on any atom is -0.379 e. The number of anilines is 3. The maximum atomic E-state index is 5.91. The topological polar surface area (TPSA) is 79.1 Å². The van der Waals surface area contributed by atoms with Gasteiger partial charge in [-0.05, 0) is 43.5 Å². The van der Waals surface area contributed by atoms with Gasteiger partial charge in [0.05, 0.1) is 12.2 Å². The van der Waals surface area contributed by atoms with Crippen molar-refractivity contribution in [2.45, 2.75) is 31.8 Å². The summed E-state index contributed by atoms with van der Waals surface area (Å²) in [7, 11) is 1.99.